The summed E-state index contributed by atoms with van der Waals surface area (Å²) < 4.78 is 0. The normalized spacial score (nSPS) is 24.0. The molecule has 0 radical (unpaired) electrons. The topological polar surface area (TPSA) is 0 Å². The maximum atomic E-state index is 6.28. The van der Waals surface area contributed by atoms with Gasteiger partial charge in [0.15, 0.2) is 0 Å². The lowest BCUT2D eigenvalue weighted by Crippen LogP contribution is -2.21. The molecule has 1 aliphatic carbocycles. The van der Waals surface area contributed by atoms with Crippen molar-refractivity contribution < 1.29 is 0 Å². The first-order chi connectivity index (χ1) is 7.48. The quantitative estimate of drug-likeness (QED) is 0.608. The second-order valence-corrected chi connectivity index (χ2v) is 6.20. The third kappa shape index (κ3) is 2.61. The van der Waals surface area contributed by atoms with E-state index in [9.17, 15) is 0 Å². The highest BCUT2D eigenvalue weighted by Crippen LogP contribution is 2.42. The lowest BCUT2D eigenvalue weighted by molar-refractivity contribution is 0.340. The van der Waals surface area contributed by atoms with E-state index in [2.05, 4.69) is 26.0 Å². The van der Waals surface area contributed by atoms with Crippen molar-refractivity contribution in [3.05, 3.63) is 40.9 Å². The molecule has 0 nitrogen and oxygen atoms in total. The van der Waals surface area contributed by atoms with Gasteiger partial charge in [-0.1, -0.05) is 49.7 Å². The first kappa shape index (κ1) is 12.0. The Kier molecular flexibility index (Phi) is 3.32. The van der Waals surface area contributed by atoms with Gasteiger partial charge in [0.05, 0.1) is 5.38 Å². The molecular formula is C14H16Cl2. The third-order valence-electron chi connectivity index (χ3n) is 3.02. The predicted molar refractivity (Wildman–Crippen MR) is 72.1 cm³/mol. The van der Waals surface area contributed by atoms with Crippen molar-refractivity contribution in [2.45, 2.75) is 32.1 Å². The van der Waals surface area contributed by atoms with E-state index in [1.54, 1.807) is 0 Å². The van der Waals surface area contributed by atoms with Gasteiger partial charge in [0.1, 0.15) is 0 Å². The molecule has 1 unspecified atom stereocenters. The van der Waals surface area contributed by atoms with Gasteiger partial charge in [0.25, 0.3) is 0 Å². The van der Waals surface area contributed by atoms with Crippen LogP contribution in [0.5, 0.6) is 0 Å². The van der Waals surface area contributed by atoms with Crippen LogP contribution < -0.4 is 0 Å². The largest absolute Gasteiger partial charge is 0.118 e. The standard InChI is InChI=1S/C14H16Cl2/c1-14(2)8-10(7-11(15)9-14)12-5-3-4-6-13(12)16/h3-7,11H,8-9H2,1-2H3. The van der Waals surface area contributed by atoms with Crippen molar-refractivity contribution >= 4 is 28.8 Å². The van der Waals surface area contributed by atoms with Crippen molar-refractivity contribution in [3.63, 3.8) is 0 Å². The molecule has 86 valence electrons. The molecule has 0 amide bonds. The van der Waals surface area contributed by atoms with Gasteiger partial charge in [-0.25, -0.2) is 0 Å². The number of halogens is 2. The molecule has 0 heterocycles. The minimum atomic E-state index is 0.120. The Labute approximate surface area is 107 Å². The first-order valence-electron chi connectivity index (χ1n) is 5.58. The molecule has 1 aromatic rings. The van der Waals surface area contributed by atoms with Crippen LogP contribution >= 0.6 is 23.2 Å². The number of alkyl halides is 1. The molecule has 0 N–H and O–H groups in total. The van der Waals surface area contributed by atoms with Crippen LogP contribution in [-0.2, 0) is 0 Å². The number of benzene rings is 1. The first-order valence-corrected chi connectivity index (χ1v) is 6.39. The van der Waals surface area contributed by atoms with Crippen molar-refractivity contribution in [1.82, 2.24) is 0 Å². The molecule has 0 fully saturated rings. The maximum Gasteiger partial charge on any atom is 0.0527 e. The highest BCUT2D eigenvalue weighted by atomic mass is 35.5. The Bertz CT molecular complexity index is 418. The van der Waals surface area contributed by atoms with E-state index in [0.717, 1.165) is 23.4 Å². The van der Waals surface area contributed by atoms with Crippen molar-refractivity contribution in [1.29, 1.82) is 0 Å². The van der Waals surface area contributed by atoms with E-state index < -0.39 is 0 Å². The SMILES string of the molecule is CC1(C)CC(c2ccccc2Cl)=CC(Cl)C1. The average Bonchev–Trinajstić information content (AvgIpc) is 2.15. The lowest BCUT2D eigenvalue weighted by atomic mass is 9.75. The zero-order chi connectivity index (χ0) is 11.8. The molecule has 2 heteroatoms. The van der Waals surface area contributed by atoms with Crippen LogP contribution in [0.1, 0.15) is 32.3 Å². The van der Waals surface area contributed by atoms with Gasteiger partial charge in [0, 0.05) is 5.02 Å². The van der Waals surface area contributed by atoms with E-state index in [1.165, 1.54) is 5.57 Å². The summed E-state index contributed by atoms with van der Waals surface area (Å²) in [6.07, 6.45) is 4.22. The highest BCUT2D eigenvalue weighted by Gasteiger charge is 2.28. The molecule has 1 aliphatic rings. The molecule has 0 aromatic heterocycles. The summed E-state index contributed by atoms with van der Waals surface area (Å²) in [4.78, 5) is 0. The van der Waals surface area contributed by atoms with Gasteiger partial charge >= 0.3 is 0 Å². The van der Waals surface area contributed by atoms with E-state index in [4.69, 9.17) is 23.2 Å². The van der Waals surface area contributed by atoms with Gasteiger partial charge < -0.3 is 0 Å². The van der Waals surface area contributed by atoms with Crippen molar-refractivity contribution in [3.8, 4) is 0 Å². The number of hydrogen-bond acceptors (Lipinski definition) is 0. The van der Waals surface area contributed by atoms with Crippen LogP contribution in [0.2, 0.25) is 5.02 Å². The van der Waals surface area contributed by atoms with Crippen molar-refractivity contribution in [2.24, 2.45) is 5.41 Å². The molecule has 16 heavy (non-hydrogen) atoms. The monoisotopic (exact) mass is 254 g/mol. The fourth-order valence-electron chi connectivity index (χ4n) is 2.36. The van der Waals surface area contributed by atoms with Gasteiger partial charge in [0.2, 0.25) is 0 Å². The van der Waals surface area contributed by atoms with Crippen LogP contribution in [0.3, 0.4) is 0 Å². The van der Waals surface area contributed by atoms with Gasteiger partial charge in [-0.15, -0.1) is 11.6 Å². The average molecular weight is 255 g/mol. The molecule has 0 aliphatic heterocycles. The highest BCUT2D eigenvalue weighted by molar-refractivity contribution is 6.32. The summed E-state index contributed by atoms with van der Waals surface area (Å²) in [5.74, 6) is 0. The molecule has 0 spiro atoms. The minimum Gasteiger partial charge on any atom is -0.118 e. The van der Waals surface area contributed by atoms with E-state index in [0.29, 0.717) is 0 Å². The number of allylic oxidation sites excluding steroid dienone is 2. The van der Waals surface area contributed by atoms with Crippen molar-refractivity contribution in [2.75, 3.05) is 0 Å². The van der Waals surface area contributed by atoms with Crippen LogP contribution in [0, 0.1) is 5.41 Å². The van der Waals surface area contributed by atoms with E-state index >= 15 is 0 Å². The molecule has 1 atom stereocenters. The molecule has 1 aromatic carbocycles. The van der Waals surface area contributed by atoms with E-state index in [1.807, 2.05) is 18.2 Å². The van der Waals surface area contributed by atoms with Gasteiger partial charge in [-0.05, 0) is 35.5 Å². The lowest BCUT2D eigenvalue weighted by Gasteiger charge is -2.32. The fraction of sp³-hybridized carbons (Fsp3) is 0.429. The zero-order valence-electron chi connectivity index (χ0n) is 9.63. The number of hydrogen-bond donors (Lipinski definition) is 0. The van der Waals surface area contributed by atoms with E-state index in [-0.39, 0.29) is 10.8 Å². The minimum absolute atomic E-state index is 0.120. The van der Waals surface area contributed by atoms with Gasteiger partial charge in [-0.2, -0.15) is 0 Å². The molecular weight excluding hydrogens is 239 g/mol. The van der Waals surface area contributed by atoms with Crippen LogP contribution in [0.4, 0.5) is 0 Å². The molecule has 0 saturated carbocycles. The third-order valence-corrected chi connectivity index (χ3v) is 3.63. The summed E-state index contributed by atoms with van der Waals surface area (Å²) in [5, 5.41) is 0.935. The Morgan fingerprint density at radius 1 is 1.25 bits per heavy atom. The zero-order valence-corrected chi connectivity index (χ0v) is 11.1. The summed E-state index contributed by atoms with van der Waals surface area (Å²) in [7, 11) is 0. The predicted octanol–water partition coefficient (Wildman–Crippen LogP) is 5.15. The van der Waals surface area contributed by atoms with Crippen LogP contribution in [0.15, 0.2) is 30.3 Å². The Balaban J connectivity index is 2.38. The smallest absolute Gasteiger partial charge is 0.0527 e. The van der Waals surface area contributed by atoms with Gasteiger partial charge in [-0.3, -0.25) is 0 Å². The summed E-state index contributed by atoms with van der Waals surface area (Å²) in [6.45, 7) is 4.51. The second-order valence-electron chi connectivity index (χ2n) is 5.23. The summed E-state index contributed by atoms with van der Waals surface area (Å²) >= 11 is 12.5. The second kappa shape index (κ2) is 4.43. The Morgan fingerprint density at radius 2 is 1.94 bits per heavy atom. The van der Waals surface area contributed by atoms with Crippen LogP contribution in [-0.4, -0.2) is 5.38 Å². The van der Waals surface area contributed by atoms with Crippen LogP contribution in [0.25, 0.3) is 5.57 Å². The fourth-order valence-corrected chi connectivity index (χ4v) is 3.19. The molecule has 0 bridgehead atoms. The summed E-state index contributed by atoms with van der Waals surface area (Å²) in [5.41, 5.74) is 2.67. The Morgan fingerprint density at radius 3 is 2.56 bits per heavy atom. The number of rotatable bonds is 1. The molecule has 0 saturated heterocycles. The maximum absolute atomic E-state index is 6.28. The summed E-state index contributed by atoms with van der Waals surface area (Å²) in [6, 6.07) is 7.98. The Hall–Kier alpha value is -0.460. The molecule has 2 rings (SSSR count).